The molecule has 0 atom stereocenters. The number of nitrogens with one attached hydrogen (secondary N) is 1. The van der Waals surface area contributed by atoms with E-state index in [9.17, 15) is 4.39 Å². The van der Waals surface area contributed by atoms with Crippen molar-refractivity contribution in [3.8, 4) is 0 Å². The quantitative estimate of drug-likeness (QED) is 0.786. The van der Waals surface area contributed by atoms with E-state index >= 15 is 0 Å². The standard InChI is InChI=1S/C16H16FN3/c1-11-9-12(17)7-8-14(11)18-10-15-13-5-3-4-6-16(13)20(2)19-15/h3-9,18H,10H2,1-2H3. The molecule has 0 radical (unpaired) electrons. The lowest BCUT2D eigenvalue weighted by Crippen LogP contribution is -2.03. The summed E-state index contributed by atoms with van der Waals surface area (Å²) in [6.45, 7) is 2.51. The van der Waals surface area contributed by atoms with Gasteiger partial charge >= 0.3 is 0 Å². The Kier molecular flexibility index (Phi) is 3.14. The van der Waals surface area contributed by atoms with Crippen LogP contribution in [-0.4, -0.2) is 9.78 Å². The van der Waals surface area contributed by atoms with Crippen LogP contribution in [0.15, 0.2) is 42.5 Å². The van der Waals surface area contributed by atoms with Gasteiger partial charge in [0.2, 0.25) is 0 Å². The van der Waals surface area contributed by atoms with Gasteiger partial charge in [-0.1, -0.05) is 18.2 Å². The first-order valence-corrected chi connectivity index (χ1v) is 6.56. The summed E-state index contributed by atoms with van der Waals surface area (Å²) in [4.78, 5) is 0. The second-order valence-corrected chi connectivity index (χ2v) is 4.90. The number of fused-ring (bicyclic) bond motifs is 1. The fraction of sp³-hybridized carbons (Fsp3) is 0.188. The predicted molar refractivity (Wildman–Crippen MR) is 79.2 cm³/mol. The molecule has 0 aliphatic heterocycles. The highest BCUT2D eigenvalue weighted by atomic mass is 19.1. The minimum absolute atomic E-state index is 0.212. The van der Waals surface area contributed by atoms with E-state index < -0.39 is 0 Å². The van der Waals surface area contributed by atoms with E-state index in [0.717, 1.165) is 27.8 Å². The Hall–Kier alpha value is -2.36. The van der Waals surface area contributed by atoms with Gasteiger partial charge in [-0.25, -0.2) is 4.39 Å². The zero-order chi connectivity index (χ0) is 14.1. The van der Waals surface area contributed by atoms with Crippen LogP contribution in [0.3, 0.4) is 0 Å². The molecule has 0 aliphatic rings. The van der Waals surface area contributed by atoms with Crippen molar-refractivity contribution in [1.29, 1.82) is 0 Å². The molecular weight excluding hydrogens is 253 g/mol. The Morgan fingerprint density at radius 3 is 2.80 bits per heavy atom. The number of nitrogens with zero attached hydrogens (tertiary/aromatic N) is 2. The summed E-state index contributed by atoms with van der Waals surface area (Å²) < 4.78 is 15.0. The number of aromatic nitrogens is 2. The number of hydrogen-bond acceptors (Lipinski definition) is 2. The highest BCUT2D eigenvalue weighted by Crippen LogP contribution is 2.20. The number of hydrogen-bond donors (Lipinski definition) is 1. The average Bonchev–Trinajstić information content (AvgIpc) is 2.75. The summed E-state index contributed by atoms with van der Waals surface area (Å²) >= 11 is 0. The molecule has 0 spiro atoms. The highest BCUT2D eigenvalue weighted by molar-refractivity contribution is 5.82. The lowest BCUT2D eigenvalue weighted by molar-refractivity contribution is 0.627. The number of aryl methyl sites for hydroxylation is 2. The maximum Gasteiger partial charge on any atom is 0.123 e. The molecule has 0 saturated heterocycles. The fourth-order valence-electron chi connectivity index (χ4n) is 2.42. The molecule has 1 N–H and O–H groups in total. The van der Waals surface area contributed by atoms with Crippen molar-refractivity contribution in [1.82, 2.24) is 9.78 Å². The second kappa shape index (κ2) is 4.96. The number of rotatable bonds is 3. The van der Waals surface area contributed by atoms with Gasteiger partial charge in [0.25, 0.3) is 0 Å². The van der Waals surface area contributed by atoms with Gasteiger partial charge in [0, 0.05) is 18.1 Å². The van der Waals surface area contributed by atoms with Crippen LogP contribution in [0.4, 0.5) is 10.1 Å². The number of para-hydroxylation sites is 1. The first kappa shape index (κ1) is 12.7. The summed E-state index contributed by atoms with van der Waals surface area (Å²) in [5, 5.41) is 8.99. The van der Waals surface area contributed by atoms with Crippen LogP contribution in [0.5, 0.6) is 0 Å². The van der Waals surface area contributed by atoms with E-state index in [1.807, 2.05) is 30.8 Å². The lowest BCUT2D eigenvalue weighted by atomic mass is 10.1. The maximum absolute atomic E-state index is 13.1. The third-order valence-corrected chi connectivity index (χ3v) is 3.47. The SMILES string of the molecule is Cc1cc(F)ccc1NCc1nn(C)c2ccccc12. The average molecular weight is 269 g/mol. The molecule has 0 fully saturated rings. The lowest BCUT2D eigenvalue weighted by Gasteiger charge is -2.08. The van der Waals surface area contributed by atoms with Crippen LogP contribution >= 0.6 is 0 Å². The van der Waals surface area contributed by atoms with E-state index in [-0.39, 0.29) is 5.82 Å². The van der Waals surface area contributed by atoms with Gasteiger partial charge in [-0.15, -0.1) is 0 Å². The molecule has 0 aliphatic carbocycles. The first-order valence-electron chi connectivity index (χ1n) is 6.56. The van der Waals surface area contributed by atoms with Crippen LogP contribution in [0, 0.1) is 12.7 Å². The van der Waals surface area contributed by atoms with Crippen molar-refractivity contribution in [3.63, 3.8) is 0 Å². The van der Waals surface area contributed by atoms with Crippen LogP contribution in [0.2, 0.25) is 0 Å². The number of benzene rings is 2. The Morgan fingerprint density at radius 1 is 1.20 bits per heavy atom. The van der Waals surface area contributed by atoms with Crippen molar-refractivity contribution in [2.75, 3.05) is 5.32 Å². The van der Waals surface area contributed by atoms with Gasteiger partial charge in [0.15, 0.2) is 0 Å². The van der Waals surface area contributed by atoms with Gasteiger partial charge in [-0.05, 0) is 36.8 Å². The summed E-state index contributed by atoms with van der Waals surface area (Å²) in [7, 11) is 1.94. The minimum Gasteiger partial charge on any atom is -0.379 e. The highest BCUT2D eigenvalue weighted by Gasteiger charge is 2.08. The molecule has 2 aromatic carbocycles. The molecule has 3 rings (SSSR count). The molecule has 0 saturated carbocycles. The predicted octanol–water partition coefficient (Wildman–Crippen LogP) is 3.63. The van der Waals surface area contributed by atoms with E-state index in [1.54, 1.807) is 6.07 Å². The summed E-state index contributed by atoms with van der Waals surface area (Å²) in [5.41, 5.74) is 3.93. The molecule has 20 heavy (non-hydrogen) atoms. The van der Waals surface area contributed by atoms with Crippen molar-refractivity contribution in [2.45, 2.75) is 13.5 Å². The van der Waals surface area contributed by atoms with Crippen molar-refractivity contribution >= 4 is 16.6 Å². The van der Waals surface area contributed by atoms with Crippen LogP contribution < -0.4 is 5.32 Å². The third-order valence-electron chi connectivity index (χ3n) is 3.47. The van der Waals surface area contributed by atoms with E-state index in [4.69, 9.17) is 0 Å². The Bertz CT molecular complexity index is 762. The van der Waals surface area contributed by atoms with Gasteiger partial charge in [-0.2, -0.15) is 5.10 Å². The van der Waals surface area contributed by atoms with Gasteiger partial charge in [-0.3, -0.25) is 4.68 Å². The largest absolute Gasteiger partial charge is 0.379 e. The van der Waals surface area contributed by atoms with Crippen molar-refractivity contribution in [2.24, 2.45) is 7.05 Å². The molecule has 1 heterocycles. The third kappa shape index (κ3) is 2.25. The summed E-state index contributed by atoms with van der Waals surface area (Å²) in [6, 6.07) is 12.9. The molecule has 102 valence electrons. The molecule has 3 nitrogen and oxygen atoms in total. The topological polar surface area (TPSA) is 29.9 Å². The molecular formula is C16H16FN3. The molecule has 0 bridgehead atoms. The Balaban J connectivity index is 1.87. The van der Waals surface area contributed by atoms with Crippen LogP contribution in [0.1, 0.15) is 11.3 Å². The molecule has 1 aromatic heterocycles. The van der Waals surface area contributed by atoms with Crippen LogP contribution in [0.25, 0.3) is 10.9 Å². The molecule has 0 unspecified atom stereocenters. The smallest absolute Gasteiger partial charge is 0.123 e. The fourth-order valence-corrected chi connectivity index (χ4v) is 2.42. The maximum atomic E-state index is 13.1. The zero-order valence-corrected chi connectivity index (χ0v) is 11.5. The second-order valence-electron chi connectivity index (χ2n) is 4.90. The minimum atomic E-state index is -0.212. The van der Waals surface area contributed by atoms with Crippen molar-refractivity contribution < 1.29 is 4.39 Å². The number of halogens is 1. The van der Waals surface area contributed by atoms with E-state index in [0.29, 0.717) is 6.54 Å². The van der Waals surface area contributed by atoms with Crippen molar-refractivity contribution in [3.05, 3.63) is 59.5 Å². The summed E-state index contributed by atoms with van der Waals surface area (Å²) in [6.07, 6.45) is 0. The number of anilines is 1. The monoisotopic (exact) mass is 269 g/mol. The Morgan fingerprint density at radius 2 is 2.00 bits per heavy atom. The molecule has 4 heteroatoms. The normalized spacial score (nSPS) is 10.9. The first-order chi connectivity index (χ1) is 9.65. The van der Waals surface area contributed by atoms with E-state index in [1.165, 1.54) is 12.1 Å². The van der Waals surface area contributed by atoms with Gasteiger partial charge < -0.3 is 5.32 Å². The zero-order valence-electron chi connectivity index (χ0n) is 11.5. The van der Waals surface area contributed by atoms with Gasteiger partial charge in [0.05, 0.1) is 17.8 Å². The Labute approximate surface area is 117 Å². The van der Waals surface area contributed by atoms with Crippen LogP contribution in [-0.2, 0) is 13.6 Å². The van der Waals surface area contributed by atoms with E-state index in [2.05, 4.69) is 22.5 Å². The molecule has 0 amide bonds. The summed E-state index contributed by atoms with van der Waals surface area (Å²) in [5.74, 6) is -0.212. The molecule has 3 aromatic rings. The van der Waals surface area contributed by atoms with Gasteiger partial charge in [0.1, 0.15) is 5.82 Å².